The van der Waals surface area contributed by atoms with E-state index in [-0.39, 0.29) is 12.2 Å². The van der Waals surface area contributed by atoms with Gasteiger partial charge in [0.05, 0.1) is 42.2 Å². The molecular weight excluding hydrogens is 476 g/mol. The number of hydrogen-bond acceptors (Lipinski definition) is 7. The van der Waals surface area contributed by atoms with Crippen LogP contribution in [-0.4, -0.2) is 30.9 Å². The minimum absolute atomic E-state index is 0.211. The van der Waals surface area contributed by atoms with Gasteiger partial charge in [-0.1, -0.05) is 48.9 Å². The van der Waals surface area contributed by atoms with Crippen LogP contribution in [0.4, 0.5) is 0 Å². The maximum atomic E-state index is 13.7. The molecule has 0 bridgehead atoms. The van der Waals surface area contributed by atoms with Crippen LogP contribution < -0.4 is 24.4 Å². The molecule has 0 saturated carbocycles. The minimum atomic E-state index is -0.650. The van der Waals surface area contributed by atoms with E-state index >= 15 is 0 Å². The highest BCUT2D eigenvalue weighted by Crippen LogP contribution is 2.31. The summed E-state index contributed by atoms with van der Waals surface area (Å²) in [6, 6.07) is 14.4. The van der Waals surface area contributed by atoms with E-state index < -0.39 is 12.0 Å². The van der Waals surface area contributed by atoms with Crippen molar-refractivity contribution in [1.29, 1.82) is 0 Å². The van der Waals surface area contributed by atoms with Gasteiger partial charge in [-0.3, -0.25) is 9.36 Å². The molecule has 0 fully saturated rings. The molecule has 1 aliphatic rings. The van der Waals surface area contributed by atoms with Gasteiger partial charge in [0, 0.05) is 0 Å². The molecule has 0 radical (unpaired) electrons. The molecule has 3 aromatic rings. The lowest BCUT2D eigenvalue weighted by molar-refractivity contribution is -0.139. The van der Waals surface area contributed by atoms with Gasteiger partial charge in [0.2, 0.25) is 0 Å². The number of aromatic nitrogens is 1. The van der Waals surface area contributed by atoms with E-state index in [1.165, 1.54) is 11.3 Å². The molecule has 0 saturated heterocycles. The maximum absolute atomic E-state index is 13.7. The smallest absolute Gasteiger partial charge is 0.338 e. The van der Waals surface area contributed by atoms with E-state index in [1.807, 2.05) is 54.6 Å². The van der Waals surface area contributed by atoms with Crippen molar-refractivity contribution in [2.75, 3.05) is 20.3 Å². The predicted molar refractivity (Wildman–Crippen MR) is 140 cm³/mol. The molecule has 0 N–H and O–H groups in total. The number of rotatable bonds is 9. The molecule has 0 amide bonds. The zero-order chi connectivity index (χ0) is 25.7. The molecule has 1 aromatic heterocycles. The number of methoxy groups -OCH3 is 1. The van der Waals surface area contributed by atoms with Gasteiger partial charge in [0.1, 0.15) is 11.5 Å². The number of carbonyl (C=O) groups is 1. The third-order valence-electron chi connectivity index (χ3n) is 5.89. The highest BCUT2D eigenvalue weighted by Gasteiger charge is 2.33. The monoisotopic (exact) mass is 506 g/mol. The highest BCUT2D eigenvalue weighted by atomic mass is 32.1. The number of benzene rings is 2. The summed E-state index contributed by atoms with van der Waals surface area (Å²) in [6.07, 6.45) is 3.92. The van der Waals surface area contributed by atoms with Crippen LogP contribution in [0.2, 0.25) is 0 Å². The Morgan fingerprint density at radius 2 is 1.78 bits per heavy atom. The number of carbonyl (C=O) groups excluding carboxylic acids is 1. The number of unbranched alkanes of at least 4 members (excludes halogenated alkanes) is 1. The van der Waals surface area contributed by atoms with Crippen molar-refractivity contribution in [2.24, 2.45) is 4.99 Å². The average Bonchev–Trinajstić information content (AvgIpc) is 3.18. The lowest BCUT2D eigenvalue weighted by Gasteiger charge is -2.24. The Morgan fingerprint density at radius 1 is 1.08 bits per heavy atom. The normalized spacial score (nSPS) is 15.3. The Kier molecular flexibility index (Phi) is 8.05. The molecule has 1 aliphatic heterocycles. The number of thiazole rings is 1. The van der Waals surface area contributed by atoms with Crippen LogP contribution in [0.3, 0.4) is 0 Å². The highest BCUT2D eigenvalue weighted by molar-refractivity contribution is 7.07. The summed E-state index contributed by atoms with van der Waals surface area (Å²) in [4.78, 5) is 31.8. The van der Waals surface area contributed by atoms with E-state index in [1.54, 1.807) is 25.5 Å². The Morgan fingerprint density at radius 3 is 2.42 bits per heavy atom. The molecule has 36 heavy (non-hydrogen) atoms. The van der Waals surface area contributed by atoms with Crippen molar-refractivity contribution in [2.45, 2.75) is 39.7 Å². The van der Waals surface area contributed by atoms with Crippen molar-refractivity contribution in [3.8, 4) is 11.5 Å². The molecule has 2 aromatic carbocycles. The fourth-order valence-electron chi connectivity index (χ4n) is 4.04. The number of hydrogen-bond donors (Lipinski definition) is 0. The summed E-state index contributed by atoms with van der Waals surface area (Å²) in [5, 5.41) is 0. The van der Waals surface area contributed by atoms with Crippen molar-refractivity contribution < 1.29 is 19.0 Å². The topological polar surface area (TPSA) is 79.1 Å². The van der Waals surface area contributed by atoms with E-state index in [0.717, 1.165) is 29.7 Å². The quantitative estimate of drug-likeness (QED) is 0.324. The van der Waals surface area contributed by atoms with Gasteiger partial charge in [-0.25, -0.2) is 9.79 Å². The first-order chi connectivity index (χ1) is 17.5. The first-order valence-corrected chi connectivity index (χ1v) is 12.8. The van der Waals surface area contributed by atoms with Crippen molar-refractivity contribution >= 4 is 23.4 Å². The molecule has 2 heterocycles. The van der Waals surface area contributed by atoms with E-state index in [4.69, 9.17) is 14.2 Å². The molecule has 0 aliphatic carbocycles. The maximum Gasteiger partial charge on any atom is 0.338 e. The Hall–Kier alpha value is -3.65. The lowest BCUT2D eigenvalue weighted by atomic mass is 9.96. The first kappa shape index (κ1) is 25.4. The second-order valence-corrected chi connectivity index (χ2v) is 9.36. The van der Waals surface area contributed by atoms with Gasteiger partial charge in [-0.2, -0.15) is 0 Å². The van der Waals surface area contributed by atoms with Crippen LogP contribution in [0.1, 0.15) is 50.8 Å². The van der Waals surface area contributed by atoms with E-state index in [2.05, 4.69) is 11.9 Å². The number of ether oxygens (including phenoxy) is 3. The fourth-order valence-corrected chi connectivity index (χ4v) is 5.09. The van der Waals surface area contributed by atoms with Gasteiger partial charge in [-0.05, 0) is 61.7 Å². The molecule has 1 unspecified atom stereocenters. The Labute approximate surface area is 214 Å². The fraction of sp³-hybridized carbons (Fsp3) is 0.321. The first-order valence-electron chi connectivity index (χ1n) is 12.0. The van der Waals surface area contributed by atoms with Crippen LogP contribution in [0, 0.1) is 0 Å². The van der Waals surface area contributed by atoms with Gasteiger partial charge in [0.25, 0.3) is 5.56 Å². The van der Waals surface area contributed by atoms with E-state index in [9.17, 15) is 9.59 Å². The second kappa shape index (κ2) is 11.4. The second-order valence-electron chi connectivity index (χ2n) is 8.35. The zero-order valence-corrected chi connectivity index (χ0v) is 21.8. The van der Waals surface area contributed by atoms with Crippen LogP contribution >= 0.6 is 11.3 Å². The third kappa shape index (κ3) is 5.28. The molecule has 8 heteroatoms. The predicted octanol–water partition coefficient (Wildman–Crippen LogP) is 3.99. The van der Waals surface area contributed by atoms with Crippen LogP contribution in [0.5, 0.6) is 11.5 Å². The van der Waals surface area contributed by atoms with Crippen molar-refractivity contribution in [1.82, 2.24) is 4.57 Å². The number of allylic oxidation sites excluding steroid dienone is 1. The zero-order valence-electron chi connectivity index (χ0n) is 20.9. The molecule has 4 rings (SSSR count). The van der Waals surface area contributed by atoms with Crippen LogP contribution in [-0.2, 0) is 9.53 Å². The SMILES string of the molecule is CCCCOc1ccc(/C=c2\sc3n(c2=O)C(c2ccc(OC)cc2)C(C(=O)OCC)=C(C)N=3)cc1. The summed E-state index contributed by atoms with van der Waals surface area (Å²) >= 11 is 1.30. The molecule has 0 spiro atoms. The molecule has 7 nitrogen and oxygen atoms in total. The van der Waals surface area contributed by atoms with E-state index in [0.29, 0.717) is 33.0 Å². The summed E-state index contributed by atoms with van der Waals surface area (Å²) < 4.78 is 18.5. The summed E-state index contributed by atoms with van der Waals surface area (Å²) in [6.45, 7) is 6.57. The average molecular weight is 507 g/mol. The van der Waals surface area contributed by atoms with Gasteiger partial charge >= 0.3 is 5.97 Å². The number of fused-ring (bicyclic) bond motifs is 1. The molecule has 188 valence electrons. The van der Waals surface area contributed by atoms with Gasteiger partial charge in [-0.15, -0.1) is 0 Å². The third-order valence-corrected chi connectivity index (χ3v) is 6.88. The van der Waals surface area contributed by atoms with Crippen molar-refractivity contribution in [3.05, 3.63) is 90.6 Å². The number of nitrogens with zero attached hydrogens (tertiary/aromatic N) is 2. The Bertz CT molecular complexity index is 1430. The largest absolute Gasteiger partial charge is 0.497 e. The summed E-state index contributed by atoms with van der Waals surface area (Å²) in [5.41, 5.74) is 2.34. The van der Waals surface area contributed by atoms with Crippen LogP contribution in [0.15, 0.2) is 69.6 Å². The summed E-state index contributed by atoms with van der Waals surface area (Å²) in [5.74, 6) is 1.01. The lowest BCUT2D eigenvalue weighted by Crippen LogP contribution is -2.39. The minimum Gasteiger partial charge on any atom is -0.497 e. The Balaban J connectivity index is 1.79. The standard InChI is InChI=1S/C28H30N2O5S/c1-5-7-16-35-22-12-8-19(9-13-22)17-23-26(31)30-25(20-10-14-21(33-4)15-11-20)24(27(32)34-6-2)18(3)29-28(30)36-23/h8-15,17,25H,5-7,16H2,1-4H3/b23-17-. The van der Waals surface area contributed by atoms with Gasteiger partial charge < -0.3 is 14.2 Å². The number of esters is 1. The van der Waals surface area contributed by atoms with Crippen LogP contribution in [0.25, 0.3) is 6.08 Å². The van der Waals surface area contributed by atoms with Gasteiger partial charge in [0.15, 0.2) is 4.80 Å². The molecular formula is C28H30N2O5S. The summed E-state index contributed by atoms with van der Waals surface area (Å²) in [7, 11) is 1.59. The van der Waals surface area contributed by atoms with Crippen molar-refractivity contribution in [3.63, 3.8) is 0 Å². The molecule has 1 atom stereocenters.